The highest BCUT2D eigenvalue weighted by Gasteiger charge is 2.26. The predicted molar refractivity (Wildman–Crippen MR) is 92.5 cm³/mol. The zero-order valence-corrected chi connectivity index (χ0v) is 14.7. The summed E-state index contributed by atoms with van der Waals surface area (Å²) in [5.41, 5.74) is 5.37. The molecule has 134 valence electrons. The summed E-state index contributed by atoms with van der Waals surface area (Å²) >= 11 is 0. The molecule has 0 radical (unpaired) electrons. The summed E-state index contributed by atoms with van der Waals surface area (Å²) in [6.45, 7) is 4.63. The number of nitrogens with one attached hydrogen (secondary N) is 1. The Morgan fingerprint density at radius 2 is 2.12 bits per heavy atom. The number of ether oxygens (including phenoxy) is 1. The molecule has 1 aliphatic rings. The lowest BCUT2D eigenvalue weighted by Gasteiger charge is -2.26. The minimum absolute atomic E-state index is 0.258. The molecule has 1 aromatic rings. The third-order valence-electron chi connectivity index (χ3n) is 4.55. The SMILES string of the molecule is Cc1ccc(CCCC(C(=O)O)C(C)NOC2CCCCO2)cc1. The van der Waals surface area contributed by atoms with Crippen molar-refractivity contribution in [1.82, 2.24) is 5.48 Å². The first-order valence-corrected chi connectivity index (χ1v) is 8.87. The highest BCUT2D eigenvalue weighted by Crippen LogP contribution is 2.17. The number of aliphatic carboxylic acids is 1. The van der Waals surface area contributed by atoms with Crippen molar-refractivity contribution >= 4 is 5.97 Å². The fourth-order valence-corrected chi connectivity index (χ4v) is 2.94. The molecule has 2 rings (SSSR count). The van der Waals surface area contributed by atoms with Gasteiger partial charge in [-0.2, -0.15) is 5.48 Å². The Labute approximate surface area is 144 Å². The van der Waals surface area contributed by atoms with Gasteiger partial charge in [0.25, 0.3) is 0 Å². The van der Waals surface area contributed by atoms with E-state index in [9.17, 15) is 9.90 Å². The van der Waals surface area contributed by atoms with Crippen molar-refractivity contribution < 1.29 is 19.5 Å². The fourth-order valence-electron chi connectivity index (χ4n) is 2.94. The molecular formula is C19H29NO4. The highest BCUT2D eigenvalue weighted by molar-refractivity contribution is 5.70. The van der Waals surface area contributed by atoms with Crippen LogP contribution in [0.25, 0.3) is 0 Å². The summed E-state index contributed by atoms with van der Waals surface area (Å²) in [5, 5.41) is 9.49. The summed E-state index contributed by atoms with van der Waals surface area (Å²) in [6, 6.07) is 8.14. The molecule has 0 spiro atoms. The lowest BCUT2D eigenvalue weighted by atomic mass is 9.94. The van der Waals surface area contributed by atoms with Crippen LogP contribution < -0.4 is 5.48 Å². The molecule has 1 saturated heterocycles. The summed E-state index contributed by atoms with van der Waals surface area (Å²) in [6.07, 6.45) is 5.08. The van der Waals surface area contributed by atoms with Gasteiger partial charge in [-0.15, -0.1) is 0 Å². The molecule has 1 aliphatic heterocycles. The highest BCUT2D eigenvalue weighted by atomic mass is 16.8. The molecule has 0 amide bonds. The van der Waals surface area contributed by atoms with Crippen LogP contribution in [0, 0.1) is 12.8 Å². The Balaban J connectivity index is 1.75. The van der Waals surface area contributed by atoms with E-state index in [1.807, 2.05) is 6.92 Å². The number of hydrogen-bond acceptors (Lipinski definition) is 4. The normalized spacial score (nSPS) is 20.5. The van der Waals surface area contributed by atoms with E-state index in [1.54, 1.807) is 0 Å². The van der Waals surface area contributed by atoms with Crippen molar-refractivity contribution in [2.75, 3.05) is 6.61 Å². The average Bonchev–Trinajstić information content (AvgIpc) is 2.59. The second-order valence-electron chi connectivity index (χ2n) is 6.64. The van der Waals surface area contributed by atoms with Crippen LogP contribution in [0.3, 0.4) is 0 Å². The lowest BCUT2D eigenvalue weighted by Crippen LogP contribution is -2.41. The van der Waals surface area contributed by atoms with Crippen LogP contribution in [-0.4, -0.2) is 30.0 Å². The van der Waals surface area contributed by atoms with Crippen LogP contribution in [0.1, 0.15) is 50.2 Å². The summed E-state index contributed by atoms with van der Waals surface area (Å²) in [4.78, 5) is 17.1. The summed E-state index contributed by atoms with van der Waals surface area (Å²) in [5.74, 6) is -1.26. The second kappa shape index (κ2) is 9.77. The number of carboxylic acid groups (broad SMARTS) is 1. The van der Waals surface area contributed by atoms with Gasteiger partial charge >= 0.3 is 5.97 Å². The van der Waals surface area contributed by atoms with Crippen LogP contribution in [-0.2, 0) is 20.8 Å². The van der Waals surface area contributed by atoms with E-state index in [0.29, 0.717) is 13.0 Å². The van der Waals surface area contributed by atoms with Gasteiger partial charge in [0.1, 0.15) is 0 Å². The van der Waals surface area contributed by atoms with Gasteiger partial charge in [-0.1, -0.05) is 29.8 Å². The van der Waals surface area contributed by atoms with E-state index in [-0.39, 0.29) is 12.3 Å². The Morgan fingerprint density at radius 3 is 2.75 bits per heavy atom. The first-order chi connectivity index (χ1) is 11.6. The average molecular weight is 335 g/mol. The molecule has 0 bridgehead atoms. The molecule has 3 unspecified atom stereocenters. The molecular weight excluding hydrogens is 306 g/mol. The van der Waals surface area contributed by atoms with Crippen LogP contribution in [0.4, 0.5) is 0 Å². The smallest absolute Gasteiger partial charge is 0.308 e. The second-order valence-corrected chi connectivity index (χ2v) is 6.64. The number of hydroxylamine groups is 1. The van der Waals surface area contributed by atoms with Crippen molar-refractivity contribution in [2.24, 2.45) is 5.92 Å². The van der Waals surface area contributed by atoms with Crippen molar-refractivity contribution in [3.8, 4) is 0 Å². The molecule has 0 aromatic heterocycles. The van der Waals surface area contributed by atoms with E-state index in [2.05, 4.69) is 36.7 Å². The van der Waals surface area contributed by atoms with Crippen LogP contribution in [0.15, 0.2) is 24.3 Å². The zero-order chi connectivity index (χ0) is 17.4. The molecule has 2 N–H and O–H groups in total. The minimum Gasteiger partial charge on any atom is -0.481 e. The topological polar surface area (TPSA) is 67.8 Å². The Kier molecular flexibility index (Phi) is 7.69. The van der Waals surface area contributed by atoms with Gasteiger partial charge in [-0.3, -0.25) is 9.63 Å². The van der Waals surface area contributed by atoms with Gasteiger partial charge in [0.15, 0.2) is 6.29 Å². The Morgan fingerprint density at radius 1 is 1.38 bits per heavy atom. The zero-order valence-electron chi connectivity index (χ0n) is 14.7. The van der Waals surface area contributed by atoms with E-state index < -0.39 is 11.9 Å². The number of hydrogen-bond donors (Lipinski definition) is 2. The largest absolute Gasteiger partial charge is 0.481 e. The minimum atomic E-state index is -0.785. The molecule has 1 aromatic carbocycles. The molecule has 0 saturated carbocycles. The molecule has 1 fully saturated rings. The lowest BCUT2D eigenvalue weighted by molar-refractivity contribution is -0.206. The van der Waals surface area contributed by atoms with E-state index in [1.165, 1.54) is 11.1 Å². The van der Waals surface area contributed by atoms with Crippen molar-refractivity contribution in [3.63, 3.8) is 0 Å². The van der Waals surface area contributed by atoms with Crippen molar-refractivity contribution in [2.45, 2.75) is 64.7 Å². The van der Waals surface area contributed by atoms with Gasteiger partial charge in [0.05, 0.1) is 5.92 Å². The van der Waals surface area contributed by atoms with Crippen molar-refractivity contribution in [3.05, 3.63) is 35.4 Å². The molecule has 3 atom stereocenters. The van der Waals surface area contributed by atoms with Crippen LogP contribution in [0.5, 0.6) is 0 Å². The maximum atomic E-state index is 11.6. The molecule has 5 heteroatoms. The van der Waals surface area contributed by atoms with E-state index in [4.69, 9.17) is 9.57 Å². The number of aryl methyl sites for hydroxylation is 2. The first kappa shape index (κ1) is 18.9. The number of benzene rings is 1. The molecule has 5 nitrogen and oxygen atoms in total. The van der Waals surface area contributed by atoms with Crippen molar-refractivity contribution in [1.29, 1.82) is 0 Å². The summed E-state index contributed by atoms with van der Waals surface area (Å²) in [7, 11) is 0. The van der Waals surface area contributed by atoms with Gasteiger partial charge in [-0.25, -0.2) is 0 Å². The Bertz CT molecular complexity index is 497. The fraction of sp³-hybridized carbons (Fsp3) is 0.632. The van der Waals surface area contributed by atoms with Gasteiger partial charge < -0.3 is 9.84 Å². The quantitative estimate of drug-likeness (QED) is 0.677. The summed E-state index contributed by atoms with van der Waals surface area (Å²) < 4.78 is 5.49. The third kappa shape index (κ3) is 6.23. The van der Waals surface area contributed by atoms with E-state index >= 15 is 0 Å². The maximum Gasteiger partial charge on any atom is 0.308 e. The van der Waals surface area contributed by atoms with Gasteiger partial charge in [0, 0.05) is 19.1 Å². The van der Waals surface area contributed by atoms with E-state index in [0.717, 1.165) is 32.1 Å². The van der Waals surface area contributed by atoms with Crippen LogP contribution >= 0.6 is 0 Å². The number of rotatable bonds is 9. The maximum absolute atomic E-state index is 11.6. The van der Waals surface area contributed by atoms with Gasteiger partial charge in [0.2, 0.25) is 0 Å². The third-order valence-corrected chi connectivity index (χ3v) is 4.55. The monoisotopic (exact) mass is 335 g/mol. The van der Waals surface area contributed by atoms with Gasteiger partial charge in [-0.05, 0) is 51.5 Å². The molecule has 0 aliphatic carbocycles. The molecule has 1 heterocycles. The molecule has 24 heavy (non-hydrogen) atoms. The number of carboxylic acids is 1. The standard InChI is InChI=1S/C19H29NO4/c1-14-9-11-16(12-10-14)6-5-7-17(19(21)22)15(2)20-24-18-8-3-4-13-23-18/h9-12,15,17-18,20H,3-8,13H2,1-2H3,(H,21,22). The van der Waals surface area contributed by atoms with Crippen LogP contribution in [0.2, 0.25) is 0 Å². The first-order valence-electron chi connectivity index (χ1n) is 8.87. The Hall–Kier alpha value is -1.43. The number of carbonyl (C=O) groups is 1. The predicted octanol–water partition coefficient (Wildman–Crippen LogP) is 3.45.